The number of pyridine rings is 2. The van der Waals surface area contributed by atoms with Gasteiger partial charge in [-0.05, 0) is 84.8 Å². The van der Waals surface area contributed by atoms with E-state index < -0.39 is 17.1 Å². The number of aromatic nitrogens is 5. The molecular weight excluding hydrogens is 637 g/mol. The van der Waals surface area contributed by atoms with Crippen LogP contribution >= 0.6 is 0 Å². The molecule has 0 spiro atoms. The molecule has 2 aromatic carbocycles. The van der Waals surface area contributed by atoms with Crippen LogP contribution in [0.4, 0.5) is 4.39 Å². The van der Waals surface area contributed by atoms with Crippen molar-refractivity contribution in [1.82, 2.24) is 33.7 Å². The zero-order valence-electron chi connectivity index (χ0n) is 27.5. The van der Waals surface area contributed by atoms with Gasteiger partial charge < -0.3 is 19.6 Å². The summed E-state index contributed by atoms with van der Waals surface area (Å²) in [6, 6.07) is 19.8. The minimum atomic E-state index is -0.642. The number of halogens is 1. The molecule has 0 amide bonds. The number of rotatable bonds is 8. The van der Waals surface area contributed by atoms with Gasteiger partial charge in [-0.3, -0.25) is 14.3 Å². The van der Waals surface area contributed by atoms with Gasteiger partial charge in [-0.1, -0.05) is 24.3 Å². The Labute approximate surface area is 287 Å². The Morgan fingerprint density at radius 1 is 0.920 bits per heavy atom. The summed E-state index contributed by atoms with van der Waals surface area (Å²) in [6.07, 6.45) is 7.64. The molecule has 1 aliphatic carbocycles. The molecule has 0 atom stereocenters. The van der Waals surface area contributed by atoms with Crippen LogP contribution in [0.2, 0.25) is 0 Å². The van der Waals surface area contributed by atoms with Gasteiger partial charge in [0.15, 0.2) is 5.65 Å². The van der Waals surface area contributed by atoms with Gasteiger partial charge in [0.05, 0.1) is 48.7 Å². The molecule has 2 N–H and O–H groups in total. The minimum absolute atomic E-state index is 0.0547. The van der Waals surface area contributed by atoms with Crippen molar-refractivity contribution in [2.24, 2.45) is 0 Å². The van der Waals surface area contributed by atoms with Crippen LogP contribution in [0.15, 0.2) is 94.9 Å². The minimum Gasteiger partial charge on any atom is -0.508 e. The maximum absolute atomic E-state index is 14.6. The maximum atomic E-state index is 14.6. The normalized spacial score (nSPS) is 18.6. The Hall–Kier alpha value is -5.17. The number of benzene rings is 2. The number of morpholine rings is 1. The molecule has 12 heteroatoms. The Kier molecular flexibility index (Phi) is 8.73. The van der Waals surface area contributed by atoms with Gasteiger partial charge in [-0.2, -0.15) is 0 Å². The molecule has 4 aromatic heterocycles. The Bertz CT molecular complexity index is 2300. The monoisotopic (exact) mass is 675 g/mol. The first kappa shape index (κ1) is 32.1. The molecule has 5 heterocycles. The van der Waals surface area contributed by atoms with Crippen LogP contribution in [-0.4, -0.2) is 65.9 Å². The topological polar surface area (TPSA) is 119 Å². The summed E-state index contributed by atoms with van der Waals surface area (Å²) in [5.74, 6) is 0.457. The van der Waals surface area contributed by atoms with E-state index in [2.05, 4.69) is 24.6 Å². The van der Waals surface area contributed by atoms with Gasteiger partial charge in [0.25, 0.3) is 5.56 Å². The van der Waals surface area contributed by atoms with Crippen LogP contribution in [0.25, 0.3) is 33.4 Å². The zero-order valence-corrected chi connectivity index (χ0v) is 27.5. The molecule has 1 saturated heterocycles. The van der Waals surface area contributed by atoms with E-state index in [0.29, 0.717) is 44.8 Å². The predicted octanol–water partition coefficient (Wildman–Crippen LogP) is 4.81. The second-order valence-electron chi connectivity index (χ2n) is 13.2. The predicted molar refractivity (Wildman–Crippen MR) is 188 cm³/mol. The first-order valence-electron chi connectivity index (χ1n) is 17.1. The number of fused-ring (bicyclic) bond motifs is 2. The van der Waals surface area contributed by atoms with Crippen molar-refractivity contribution in [1.29, 1.82) is 0 Å². The molecule has 8 rings (SSSR count). The molecule has 0 unspecified atom stereocenters. The summed E-state index contributed by atoms with van der Waals surface area (Å²) in [4.78, 5) is 39.4. The van der Waals surface area contributed by atoms with Crippen molar-refractivity contribution in [2.45, 2.75) is 50.9 Å². The quantitative estimate of drug-likeness (QED) is 0.236. The van der Waals surface area contributed by atoms with Crippen molar-refractivity contribution < 1.29 is 14.2 Å². The molecule has 11 nitrogen and oxygen atoms in total. The Morgan fingerprint density at radius 3 is 2.60 bits per heavy atom. The molecule has 1 saturated carbocycles. The van der Waals surface area contributed by atoms with Crippen molar-refractivity contribution >= 4 is 16.6 Å². The molecule has 1 aliphatic heterocycles. The molecular formula is C38H38FN7O4. The lowest BCUT2D eigenvalue weighted by atomic mass is 9.91. The van der Waals surface area contributed by atoms with Gasteiger partial charge in [-0.15, -0.1) is 0 Å². The number of hydrogen-bond acceptors (Lipinski definition) is 8. The number of ether oxygens (including phenoxy) is 1. The smallest absolute Gasteiger partial charge is 0.337 e. The lowest BCUT2D eigenvalue weighted by molar-refractivity contribution is 0.0342. The van der Waals surface area contributed by atoms with Crippen LogP contribution in [0.3, 0.4) is 0 Å². The second-order valence-corrected chi connectivity index (χ2v) is 13.2. The fraction of sp³-hybridized carbons (Fsp3) is 0.316. The fourth-order valence-corrected chi connectivity index (χ4v) is 7.45. The summed E-state index contributed by atoms with van der Waals surface area (Å²) < 4.78 is 24.9. The van der Waals surface area contributed by atoms with E-state index in [0.717, 1.165) is 60.2 Å². The summed E-state index contributed by atoms with van der Waals surface area (Å²) in [5.41, 5.74) is 3.31. The lowest BCUT2D eigenvalue weighted by Crippen LogP contribution is -2.44. The lowest BCUT2D eigenvalue weighted by Gasteiger charge is -2.30. The highest BCUT2D eigenvalue weighted by Gasteiger charge is 2.27. The molecule has 0 radical (unpaired) electrons. The highest BCUT2D eigenvalue weighted by molar-refractivity contribution is 5.77. The molecule has 2 fully saturated rings. The van der Waals surface area contributed by atoms with Crippen molar-refractivity contribution in [3.8, 4) is 22.6 Å². The van der Waals surface area contributed by atoms with E-state index in [1.165, 1.54) is 15.2 Å². The van der Waals surface area contributed by atoms with Crippen LogP contribution in [0, 0.1) is 5.82 Å². The first-order valence-corrected chi connectivity index (χ1v) is 17.1. The van der Waals surface area contributed by atoms with E-state index in [1.54, 1.807) is 18.2 Å². The summed E-state index contributed by atoms with van der Waals surface area (Å²) in [6.45, 7) is 4.13. The van der Waals surface area contributed by atoms with Crippen LogP contribution in [-0.2, 0) is 17.8 Å². The summed E-state index contributed by atoms with van der Waals surface area (Å²) >= 11 is 0. The second kappa shape index (κ2) is 13.6. The van der Waals surface area contributed by atoms with Crippen LogP contribution < -0.4 is 16.6 Å². The fourth-order valence-electron chi connectivity index (χ4n) is 7.45. The SMILES string of the molecule is O=c1c2cc(F)cnc2n(-c2cccc(-c3ccc(O)cc3CN3CCOCC3)c2)c(=O)n1C1CCC(NCc2ncc3ccccn23)CC1. The van der Waals surface area contributed by atoms with E-state index in [9.17, 15) is 19.1 Å². The summed E-state index contributed by atoms with van der Waals surface area (Å²) in [5, 5.41) is 14.0. The Morgan fingerprint density at radius 2 is 1.76 bits per heavy atom. The highest BCUT2D eigenvalue weighted by atomic mass is 19.1. The van der Waals surface area contributed by atoms with E-state index in [1.807, 2.05) is 54.9 Å². The van der Waals surface area contributed by atoms with E-state index in [-0.39, 0.29) is 28.9 Å². The number of hydrogen-bond donors (Lipinski definition) is 2. The highest BCUT2D eigenvalue weighted by Crippen LogP contribution is 2.31. The molecule has 2 aliphatic rings. The maximum Gasteiger partial charge on any atom is 0.337 e. The van der Waals surface area contributed by atoms with Gasteiger partial charge in [-0.25, -0.2) is 23.7 Å². The number of nitrogens with one attached hydrogen (secondary N) is 1. The van der Waals surface area contributed by atoms with Crippen molar-refractivity contribution in [2.75, 3.05) is 26.3 Å². The Balaban J connectivity index is 1.11. The number of nitrogens with zero attached hydrogens (tertiary/aromatic N) is 6. The molecule has 256 valence electrons. The van der Waals surface area contributed by atoms with E-state index >= 15 is 0 Å². The van der Waals surface area contributed by atoms with Crippen molar-refractivity contribution in [3.63, 3.8) is 0 Å². The molecule has 0 bridgehead atoms. The standard InChI is InChI=1S/C38H38FN7O4/c39-27-20-34-36(42-21-27)45(30-6-3-4-25(18-30)33-12-11-32(47)19-26(33)24-43-14-16-50-17-15-43)38(49)46(37(34)48)29-9-7-28(8-10-29)40-23-35-41-22-31-5-1-2-13-44(31)35/h1-6,11-13,18-22,28-29,40,47H,7-10,14-17,23-24H2. The van der Waals surface area contributed by atoms with E-state index in [4.69, 9.17) is 4.74 Å². The summed E-state index contributed by atoms with van der Waals surface area (Å²) in [7, 11) is 0. The molecule has 6 aromatic rings. The van der Waals surface area contributed by atoms with Crippen LogP contribution in [0.1, 0.15) is 43.1 Å². The molecule has 50 heavy (non-hydrogen) atoms. The van der Waals surface area contributed by atoms with Crippen LogP contribution in [0.5, 0.6) is 5.75 Å². The third kappa shape index (κ3) is 6.21. The number of phenolic OH excluding ortho intramolecular Hbond substituents is 1. The largest absolute Gasteiger partial charge is 0.508 e. The van der Waals surface area contributed by atoms with Gasteiger partial charge in [0.2, 0.25) is 0 Å². The number of aromatic hydroxyl groups is 1. The average molecular weight is 676 g/mol. The van der Waals surface area contributed by atoms with Gasteiger partial charge >= 0.3 is 5.69 Å². The van der Waals surface area contributed by atoms with Gasteiger partial charge in [0.1, 0.15) is 17.4 Å². The van der Waals surface area contributed by atoms with Crippen molar-refractivity contribution in [3.05, 3.63) is 123 Å². The number of imidazole rings is 1. The zero-order chi connectivity index (χ0) is 34.2. The first-order chi connectivity index (χ1) is 24.4. The average Bonchev–Trinajstić information content (AvgIpc) is 3.55. The number of phenols is 1. The van der Waals surface area contributed by atoms with Gasteiger partial charge in [0, 0.05) is 37.9 Å². The third-order valence-corrected chi connectivity index (χ3v) is 10.0. The third-order valence-electron chi connectivity index (χ3n) is 10.0.